The quantitative estimate of drug-likeness (QED) is 0.832. The second-order valence-electron chi connectivity index (χ2n) is 4.85. The molecule has 0 saturated carbocycles. The Balaban J connectivity index is 0.00000200. The van der Waals surface area contributed by atoms with Crippen LogP contribution in [0.5, 0.6) is 0 Å². The van der Waals surface area contributed by atoms with Gasteiger partial charge in [0.2, 0.25) is 5.91 Å². The van der Waals surface area contributed by atoms with E-state index < -0.39 is 0 Å². The highest BCUT2D eigenvalue weighted by atomic mass is 35.5. The highest BCUT2D eigenvalue weighted by Crippen LogP contribution is 2.17. The zero-order valence-electron chi connectivity index (χ0n) is 12.3. The molecule has 2 heterocycles. The number of anilines is 1. The minimum absolute atomic E-state index is 0. The first-order chi connectivity index (χ1) is 9.29. The van der Waals surface area contributed by atoms with Crippen molar-refractivity contribution in [2.75, 3.05) is 31.6 Å². The van der Waals surface area contributed by atoms with Gasteiger partial charge in [-0.15, -0.1) is 24.8 Å². The topological polar surface area (TPSA) is 57.3 Å². The molecule has 1 aromatic rings. The lowest BCUT2D eigenvalue weighted by molar-refractivity contribution is -0.121. The molecule has 1 aliphatic rings. The van der Waals surface area contributed by atoms with E-state index in [1.54, 1.807) is 0 Å². The zero-order valence-corrected chi connectivity index (χ0v) is 13.9. The number of hydrogen-bond donors (Lipinski definition) is 2. The highest BCUT2D eigenvalue weighted by molar-refractivity contribution is 5.85. The molecule has 1 aromatic heterocycles. The van der Waals surface area contributed by atoms with Crippen LogP contribution >= 0.6 is 24.8 Å². The van der Waals surface area contributed by atoms with E-state index in [9.17, 15) is 4.79 Å². The van der Waals surface area contributed by atoms with Crippen molar-refractivity contribution < 1.29 is 4.79 Å². The summed E-state index contributed by atoms with van der Waals surface area (Å²) in [5, 5.41) is 5.85. The monoisotopic (exact) mass is 334 g/mol. The van der Waals surface area contributed by atoms with Gasteiger partial charge in [0.05, 0.1) is 0 Å². The summed E-state index contributed by atoms with van der Waals surface area (Å²) in [6.45, 7) is 3.47. The number of aromatic nitrogens is 1. The van der Waals surface area contributed by atoms with E-state index in [2.05, 4.69) is 20.5 Å². The van der Waals surface area contributed by atoms with Crippen molar-refractivity contribution in [3.05, 3.63) is 23.9 Å². The molecule has 0 atom stereocenters. The van der Waals surface area contributed by atoms with Gasteiger partial charge in [0.15, 0.2) is 0 Å². The summed E-state index contributed by atoms with van der Waals surface area (Å²) >= 11 is 0. The third-order valence-electron chi connectivity index (χ3n) is 3.33. The molecule has 0 bridgehead atoms. The van der Waals surface area contributed by atoms with Crippen LogP contribution in [0.1, 0.15) is 24.8 Å². The molecule has 0 radical (unpaired) electrons. The number of nitrogens with one attached hydrogen (secondary N) is 2. The van der Waals surface area contributed by atoms with Gasteiger partial charge < -0.3 is 15.5 Å². The van der Waals surface area contributed by atoms with E-state index in [0.717, 1.165) is 24.5 Å². The average Bonchev–Trinajstić information content (AvgIpc) is 2.97. The lowest BCUT2D eigenvalue weighted by Gasteiger charge is -2.16. The predicted octanol–water partition coefficient (Wildman–Crippen LogP) is 1.75. The van der Waals surface area contributed by atoms with Gasteiger partial charge in [-0.05, 0) is 31.5 Å². The number of halogens is 2. The molecule has 1 aliphatic heterocycles. The Morgan fingerprint density at radius 2 is 2.00 bits per heavy atom. The smallest absolute Gasteiger partial charge is 0.221 e. The first kappa shape index (κ1) is 20.0. The molecule has 1 saturated heterocycles. The molecule has 7 heteroatoms. The third-order valence-corrected chi connectivity index (χ3v) is 3.33. The van der Waals surface area contributed by atoms with Crippen molar-refractivity contribution in [2.45, 2.75) is 25.8 Å². The van der Waals surface area contributed by atoms with Gasteiger partial charge in [-0.1, -0.05) is 6.07 Å². The lowest BCUT2D eigenvalue weighted by Crippen LogP contribution is -2.26. The van der Waals surface area contributed by atoms with Crippen LogP contribution in [-0.2, 0) is 11.3 Å². The first-order valence-electron chi connectivity index (χ1n) is 6.91. The fraction of sp³-hybridized carbons (Fsp3) is 0.571. The fourth-order valence-electron chi connectivity index (χ4n) is 2.18. The van der Waals surface area contributed by atoms with E-state index in [1.807, 2.05) is 25.4 Å². The average molecular weight is 335 g/mol. The maximum Gasteiger partial charge on any atom is 0.221 e. The van der Waals surface area contributed by atoms with E-state index in [1.165, 1.54) is 12.8 Å². The largest absolute Gasteiger partial charge is 0.357 e. The third kappa shape index (κ3) is 6.50. The molecule has 120 valence electrons. The van der Waals surface area contributed by atoms with Crippen LogP contribution in [0.15, 0.2) is 18.3 Å². The Hall–Kier alpha value is -1.04. The van der Waals surface area contributed by atoms with Gasteiger partial charge in [0, 0.05) is 38.8 Å². The van der Waals surface area contributed by atoms with E-state index in [4.69, 9.17) is 0 Å². The van der Waals surface area contributed by atoms with Crippen molar-refractivity contribution in [3.63, 3.8) is 0 Å². The number of carbonyl (C=O) groups excluding carboxylic acids is 1. The van der Waals surface area contributed by atoms with Crippen LogP contribution in [0.2, 0.25) is 0 Å². The van der Waals surface area contributed by atoms with Gasteiger partial charge in [0.1, 0.15) is 5.82 Å². The van der Waals surface area contributed by atoms with Crippen LogP contribution in [-0.4, -0.2) is 37.6 Å². The van der Waals surface area contributed by atoms with Crippen LogP contribution in [0, 0.1) is 0 Å². The number of amides is 1. The van der Waals surface area contributed by atoms with Crippen LogP contribution in [0.25, 0.3) is 0 Å². The summed E-state index contributed by atoms with van der Waals surface area (Å²) in [5.41, 5.74) is 1.04. The molecule has 0 spiro atoms. The van der Waals surface area contributed by atoms with Crippen LogP contribution in [0.3, 0.4) is 0 Å². The lowest BCUT2D eigenvalue weighted by atomic mass is 10.2. The van der Waals surface area contributed by atoms with Gasteiger partial charge in [-0.25, -0.2) is 4.98 Å². The minimum atomic E-state index is 0. The van der Waals surface area contributed by atoms with Gasteiger partial charge in [0.25, 0.3) is 0 Å². The Morgan fingerprint density at radius 1 is 1.29 bits per heavy atom. The number of nitrogens with zero attached hydrogens (tertiary/aromatic N) is 2. The molecular weight excluding hydrogens is 311 g/mol. The maximum absolute atomic E-state index is 11.5. The Kier molecular flexibility index (Phi) is 10.1. The summed E-state index contributed by atoms with van der Waals surface area (Å²) in [5.74, 6) is 1.11. The van der Waals surface area contributed by atoms with E-state index in [0.29, 0.717) is 19.5 Å². The molecule has 1 fully saturated rings. The summed E-state index contributed by atoms with van der Waals surface area (Å²) < 4.78 is 0. The van der Waals surface area contributed by atoms with E-state index >= 15 is 0 Å². The maximum atomic E-state index is 11.5. The molecule has 2 rings (SSSR count). The summed E-state index contributed by atoms with van der Waals surface area (Å²) in [6.07, 6.45) is 4.87. The highest BCUT2D eigenvalue weighted by Gasteiger charge is 2.12. The second kappa shape index (κ2) is 10.7. The molecular formula is C14H24Cl2N4O. The SMILES string of the molecule is CNCCC(=O)NCc1ccc(N2CCCC2)nc1.Cl.Cl. The van der Waals surface area contributed by atoms with E-state index in [-0.39, 0.29) is 30.7 Å². The molecule has 0 aliphatic carbocycles. The summed E-state index contributed by atoms with van der Waals surface area (Å²) in [4.78, 5) is 18.2. The first-order valence-corrected chi connectivity index (χ1v) is 6.91. The summed E-state index contributed by atoms with van der Waals surface area (Å²) in [7, 11) is 1.84. The normalized spacial score (nSPS) is 13.3. The number of rotatable bonds is 6. The summed E-state index contributed by atoms with van der Waals surface area (Å²) in [6, 6.07) is 4.08. The number of hydrogen-bond acceptors (Lipinski definition) is 4. The zero-order chi connectivity index (χ0) is 13.5. The Labute approximate surface area is 138 Å². The van der Waals surface area contributed by atoms with Crippen LogP contribution < -0.4 is 15.5 Å². The van der Waals surface area contributed by atoms with Crippen molar-refractivity contribution >= 4 is 36.5 Å². The van der Waals surface area contributed by atoms with Crippen molar-refractivity contribution in [1.29, 1.82) is 0 Å². The van der Waals surface area contributed by atoms with Crippen molar-refractivity contribution in [2.24, 2.45) is 0 Å². The van der Waals surface area contributed by atoms with Crippen LogP contribution in [0.4, 0.5) is 5.82 Å². The Morgan fingerprint density at radius 3 is 2.57 bits per heavy atom. The molecule has 0 unspecified atom stereocenters. The Bertz CT molecular complexity index is 408. The molecule has 21 heavy (non-hydrogen) atoms. The fourth-order valence-corrected chi connectivity index (χ4v) is 2.18. The molecule has 0 aromatic carbocycles. The minimum Gasteiger partial charge on any atom is -0.357 e. The molecule has 1 amide bonds. The number of carbonyl (C=O) groups is 1. The molecule has 2 N–H and O–H groups in total. The van der Waals surface area contributed by atoms with Gasteiger partial charge in [-0.2, -0.15) is 0 Å². The van der Waals surface area contributed by atoms with Gasteiger partial charge in [-0.3, -0.25) is 4.79 Å². The van der Waals surface area contributed by atoms with Crippen molar-refractivity contribution in [1.82, 2.24) is 15.6 Å². The predicted molar refractivity (Wildman–Crippen MR) is 90.6 cm³/mol. The van der Waals surface area contributed by atoms with Gasteiger partial charge >= 0.3 is 0 Å². The molecule has 5 nitrogen and oxygen atoms in total. The number of pyridine rings is 1. The standard InChI is InChI=1S/C14H22N4O.2ClH/c1-15-7-6-14(19)17-11-12-4-5-13(16-10-12)18-8-2-3-9-18;;/h4-5,10,15H,2-3,6-9,11H2,1H3,(H,17,19);2*1H. The second-order valence-corrected chi connectivity index (χ2v) is 4.85. The van der Waals surface area contributed by atoms with Crippen molar-refractivity contribution in [3.8, 4) is 0 Å².